The lowest BCUT2D eigenvalue weighted by atomic mass is 9.82. The molecule has 0 aliphatic carbocycles. The molecule has 9 heteroatoms. The third-order valence-corrected chi connectivity index (χ3v) is 4.98. The molecule has 8 nitrogen and oxygen atoms in total. The number of fused-ring (bicyclic) bond motifs is 2. The second-order valence-corrected chi connectivity index (χ2v) is 7.81. The van der Waals surface area contributed by atoms with Gasteiger partial charge in [0.05, 0.1) is 23.7 Å². The van der Waals surface area contributed by atoms with E-state index in [1.54, 1.807) is 19.1 Å². The third-order valence-electron chi connectivity index (χ3n) is 4.77. The zero-order valence-electron chi connectivity index (χ0n) is 16.3. The van der Waals surface area contributed by atoms with Crippen LogP contribution in [0, 0.1) is 10.7 Å². The Labute approximate surface area is 171 Å². The molecule has 3 N–H and O–H groups in total. The fourth-order valence-corrected chi connectivity index (χ4v) is 3.70. The maximum absolute atomic E-state index is 13.0. The van der Waals surface area contributed by atoms with Crippen molar-refractivity contribution in [1.82, 2.24) is 9.97 Å². The number of rotatable bonds is 4. The molecule has 1 atom stereocenters. The minimum absolute atomic E-state index is 0.132. The van der Waals surface area contributed by atoms with Gasteiger partial charge in [0.15, 0.2) is 16.3 Å². The van der Waals surface area contributed by atoms with Gasteiger partial charge in [0.2, 0.25) is 6.79 Å². The van der Waals surface area contributed by atoms with E-state index in [0.717, 1.165) is 0 Å². The van der Waals surface area contributed by atoms with Crippen LogP contribution < -0.4 is 20.3 Å². The second kappa shape index (κ2) is 7.40. The van der Waals surface area contributed by atoms with Crippen LogP contribution in [0.1, 0.15) is 37.8 Å². The number of anilines is 1. The molecule has 0 saturated carbocycles. The molecule has 3 heterocycles. The molecular formula is C20H21N3O5S. The van der Waals surface area contributed by atoms with Crippen molar-refractivity contribution in [2.24, 2.45) is 5.92 Å². The SMILES string of the molecule is CC1=C(C(=O)OCC(C)C)C(c2ccc3c(c2)OCO3)c2c([nH]c(=S)[nH]c2=O)N1. The van der Waals surface area contributed by atoms with Gasteiger partial charge in [-0.1, -0.05) is 19.9 Å². The molecule has 2 aromatic rings. The van der Waals surface area contributed by atoms with Gasteiger partial charge in [0.25, 0.3) is 5.56 Å². The number of allylic oxidation sites excluding steroid dienone is 1. The van der Waals surface area contributed by atoms with Gasteiger partial charge < -0.3 is 24.5 Å². The zero-order chi connectivity index (χ0) is 20.7. The van der Waals surface area contributed by atoms with Gasteiger partial charge >= 0.3 is 5.97 Å². The van der Waals surface area contributed by atoms with Crippen molar-refractivity contribution in [3.8, 4) is 11.5 Å². The van der Waals surface area contributed by atoms with Crippen LogP contribution in [0.2, 0.25) is 0 Å². The van der Waals surface area contributed by atoms with E-state index >= 15 is 0 Å². The second-order valence-electron chi connectivity index (χ2n) is 7.40. The molecule has 152 valence electrons. The highest BCUT2D eigenvalue weighted by Crippen LogP contribution is 2.43. The van der Waals surface area contributed by atoms with Crippen LogP contribution in [0.3, 0.4) is 0 Å². The van der Waals surface area contributed by atoms with E-state index in [1.165, 1.54) is 0 Å². The summed E-state index contributed by atoms with van der Waals surface area (Å²) in [7, 11) is 0. The van der Waals surface area contributed by atoms with Gasteiger partial charge in [0.1, 0.15) is 5.82 Å². The van der Waals surface area contributed by atoms with Gasteiger partial charge in [-0.25, -0.2) is 4.79 Å². The largest absolute Gasteiger partial charge is 0.462 e. The van der Waals surface area contributed by atoms with Crippen molar-refractivity contribution < 1.29 is 19.0 Å². The lowest BCUT2D eigenvalue weighted by molar-refractivity contribution is -0.140. The van der Waals surface area contributed by atoms with Crippen LogP contribution in [0.15, 0.2) is 34.3 Å². The summed E-state index contributed by atoms with van der Waals surface area (Å²) in [6.07, 6.45) is 0. The maximum Gasteiger partial charge on any atom is 0.336 e. The molecule has 1 unspecified atom stereocenters. The minimum Gasteiger partial charge on any atom is -0.462 e. The van der Waals surface area contributed by atoms with E-state index < -0.39 is 11.9 Å². The summed E-state index contributed by atoms with van der Waals surface area (Å²) in [6, 6.07) is 5.37. The first-order valence-electron chi connectivity index (χ1n) is 9.26. The number of carbonyl (C=O) groups is 1. The monoisotopic (exact) mass is 415 g/mol. The van der Waals surface area contributed by atoms with Crippen LogP contribution in [-0.2, 0) is 9.53 Å². The van der Waals surface area contributed by atoms with Crippen LogP contribution in [-0.4, -0.2) is 29.3 Å². The number of aromatic amines is 2. The highest BCUT2D eigenvalue weighted by atomic mass is 32.1. The lowest BCUT2D eigenvalue weighted by Gasteiger charge is -2.29. The number of esters is 1. The van der Waals surface area contributed by atoms with Crippen molar-refractivity contribution in [2.75, 3.05) is 18.7 Å². The fourth-order valence-electron chi connectivity index (χ4n) is 3.50. The van der Waals surface area contributed by atoms with Gasteiger partial charge in [0, 0.05) is 5.70 Å². The van der Waals surface area contributed by atoms with E-state index in [1.807, 2.05) is 19.9 Å². The Balaban J connectivity index is 1.88. The Kier molecular flexibility index (Phi) is 4.91. The number of carbonyl (C=O) groups excluding carboxylic acids is 1. The summed E-state index contributed by atoms with van der Waals surface area (Å²) in [6.45, 7) is 6.11. The Morgan fingerprint density at radius 2 is 2.03 bits per heavy atom. The number of aromatic nitrogens is 2. The quantitative estimate of drug-likeness (QED) is 0.520. The predicted octanol–water partition coefficient (Wildman–Crippen LogP) is 3.19. The zero-order valence-corrected chi connectivity index (χ0v) is 17.1. The van der Waals surface area contributed by atoms with Gasteiger partial charge in [-0.3, -0.25) is 9.78 Å². The first-order chi connectivity index (χ1) is 13.8. The number of nitrogens with one attached hydrogen (secondary N) is 3. The molecule has 0 radical (unpaired) electrons. The summed E-state index contributed by atoms with van der Waals surface area (Å²) in [5.74, 6) is 0.700. The maximum atomic E-state index is 13.0. The molecule has 1 aromatic carbocycles. The van der Waals surface area contributed by atoms with E-state index in [9.17, 15) is 9.59 Å². The summed E-state index contributed by atoms with van der Waals surface area (Å²) >= 11 is 5.10. The number of H-pyrrole nitrogens is 2. The molecule has 2 aliphatic rings. The number of hydrogen-bond donors (Lipinski definition) is 3. The molecule has 0 saturated heterocycles. The third kappa shape index (κ3) is 3.53. The Morgan fingerprint density at radius 1 is 1.28 bits per heavy atom. The predicted molar refractivity (Wildman–Crippen MR) is 109 cm³/mol. The van der Waals surface area contributed by atoms with E-state index in [4.69, 9.17) is 26.4 Å². The molecule has 2 aliphatic heterocycles. The van der Waals surface area contributed by atoms with E-state index in [0.29, 0.717) is 39.7 Å². The molecule has 0 fully saturated rings. The van der Waals surface area contributed by atoms with Crippen molar-refractivity contribution in [1.29, 1.82) is 0 Å². The first-order valence-corrected chi connectivity index (χ1v) is 9.67. The molecule has 0 amide bonds. The summed E-state index contributed by atoms with van der Waals surface area (Å²) in [4.78, 5) is 31.4. The average Bonchev–Trinajstić information content (AvgIpc) is 3.12. The average molecular weight is 415 g/mol. The standard InChI is InChI=1S/C20H21N3O5S/c1-9(2)7-26-19(25)14-10(3)21-17-16(18(24)23-20(29)22-17)15(14)11-4-5-12-13(6-11)28-8-27-12/h4-6,9,15H,7-8H2,1-3H3,(H3,21,22,23,24,29). The van der Waals surface area contributed by atoms with Crippen LogP contribution in [0.4, 0.5) is 5.82 Å². The number of benzene rings is 1. The van der Waals surface area contributed by atoms with E-state index in [-0.39, 0.29) is 29.6 Å². The highest BCUT2D eigenvalue weighted by molar-refractivity contribution is 7.71. The fraction of sp³-hybridized carbons (Fsp3) is 0.350. The van der Waals surface area contributed by atoms with Crippen molar-refractivity contribution in [2.45, 2.75) is 26.7 Å². The summed E-state index contributed by atoms with van der Waals surface area (Å²) in [5, 5.41) is 3.09. The molecule has 0 spiro atoms. The van der Waals surface area contributed by atoms with Crippen LogP contribution in [0.5, 0.6) is 11.5 Å². The van der Waals surface area contributed by atoms with E-state index in [2.05, 4.69) is 15.3 Å². The summed E-state index contributed by atoms with van der Waals surface area (Å²) < 4.78 is 16.6. The van der Waals surface area contributed by atoms with Crippen molar-refractivity contribution in [3.05, 3.63) is 55.7 Å². The smallest absolute Gasteiger partial charge is 0.336 e. The molecule has 0 bridgehead atoms. The van der Waals surface area contributed by atoms with Crippen molar-refractivity contribution >= 4 is 24.0 Å². The first kappa shape index (κ1) is 19.3. The highest BCUT2D eigenvalue weighted by Gasteiger charge is 2.36. The number of hydrogen-bond acceptors (Lipinski definition) is 7. The Bertz CT molecular complexity index is 1130. The van der Waals surface area contributed by atoms with Gasteiger partial charge in [-0.2, -0.15) is 0 Å². The molecular weight excluding hydrogens is 394 g/mol. The minimum atomic E-state index is -0.656. The van der Waals surface area contributed by atoms with Crippen LogP contribution >= 0.6 is 12.2 Å². The molecule has 1 aromatic heterocycles. The van der Waals surface area contributed by atoms with Gasteiger partial charge in [-0.15, -0.1) is 0 Å². The molecule has 4 rings (SSSR count). The topological polar surface area (TPSA) is 105 Å². The Morgan fingerprint density at radius 3 is 2.79 bits per heavy atom. The molecule has 29 heavy (non-hydrogen) atoms. The van der Waals surface area contributed by atoms with Crippen molar-refractivity contribution in [3.63, 3.8) is 0 Å². The Hall–Kier alpha value is -3.07. The number of ether oxygens (including phenoxy) is 3. The van der Waals surface area contributed by atoms with Crippen LogP contribution in [0.25, 0.3) is 0 Å². The lowest BCUT2D eigenvalue weighted by Crippen LogP contribution is -2.31. The summed E-state index contributed by atoms with van der Waals surface area (Å²) in [5.41, 5.74) is 1.65. The normalized spacial score (nSPS) is 17.2. The van der Waals surface area contributed by atoms with Gasteiger partial charge in [-0.05, 0) is 42.8 Å².